The molecule has 1 saturated heterocycles. The number of carbonyl (C=O) groups is 1. The molecule has 2 aromatic rings. The van der Waals surface area contributed by atoms with E-state index in [4.69, 9.17) is 9.47 Å². The Labute approximate surface area is 141 Å². The molecule has 0 N–H and O–H groups in total. The van der Waals surface area contributed by atoms with Crippen molar-refractivity contribution < 1.29 is 14.3 Å². The Morgan fingerprint density at radius 2 is 1.75 bits per heavy atom. The van der Waals surface area contributed by atoms with Crippen LogP contribution in [-0.2, 0) is 10.3 Å². The summed E-state index contributed by atoms with van der Waals surface area (Å²) in [6.07, 6.45) is 4.07. The molecule has 0 bridgehead atoms. The van der Waals surface area contributed by atoms with Crippen LogP contribution in [0.25, 0.3) is 0 Å². The highest BCUT2D eigenvalue weighted by Gasteiger charge is 2.74. The number of amides is 1. The summed E-state index contributed by atoms with van der Waals surface area (Å²) >= 11 is 0. The van der Waals surface area contributed by atoms with Gasteiger partial charge in [-0.3, -0.25) is 4.90 Å². The van der Waals surface area contributed by atoms with E-state index in [9.17, 15) is 4.79 Å². The van der Waals surface area contributed by atoms with Crippen LogP contribution in [0.3, 0.4) is 0 Å². The monoisotopic (exact) mass is 321 g/mol. The molecule has 24 heavy (non-hydrogen) atoms. The first-order valence-electron chi connectivity index (χ1n) is 8.58. The van der Waals surface area contributed by atoms with Gasteiger partial charge in [0.1, 0.15) is 17.0 Å². The van der Waals surface area contributed by atoms with E-state index in [1.165, 1.54) is 6.42 Å². The van der Waals surface area contributed by atoms with E-state index >= 15 is 0 Å². The van der Waals surface area contributed by atoms with Gasteiger partial charge in [-0.15, -0.1) is 0 Å². The lowest BCUT2D eigenvalue weighted by atomic mass is 9.72. The molecule has 1 aliphatic carbocycles. The van der Waals surface area contributed by atoms with Crippen molar-refractivity contribution in [1.82, 2.24) is 0 Å². The Kier molecular flexibility index (Phi) is 2.83. The average Bonchev–Trinajstić information content (AvgIpc) is 3.32. The summed E-state index contributed by atoms with van der Waals surface area (Å²) in [6.45, 7) is 0.579. The molecule has 0 radical (unpaired) electrons. The maximum Gasteiger partial charge on any atom is 0.419 e. The fraction of sp³-hybridized carbons (Fsp3) is 0.350. The van der Waals surface area contributed by atoms with Crippen LogP contribution in [0.1, 0.15) is 31.2 Å². The number of para-hydroxylation sites is 2. The summed E-state index contributed by atoms with van der Waals surface area (Å²) in [6, 6.07) is 17.3. The maximum absolute atomic E-state index is 12.8. The van der Waals surface area contributed by atoms with E-state index in [2.05, 4.69) is 6.07 Å². The molecule has 2 aliphatic heterocycles. The van der Waals surface area contributed by atoms with Gasteiger partial charge >= 0.3 is 6.09 Å². The quantitative estimate of drug-likeness (QED) is 0.738. The molecule has 1 saturated carbocycles. The molecule has 1 amide bonds. The molecule has 4 nitrogen and oxygen atoms in total. The molecule has 5 rings (SSSR count). The first kappa shape index (κ1) is 14.1. The van der Waals surface area contributed by atoms with Crippen LogP contribution in [0.2, 0.25) is 0 Å². The number of rotatable bonds is 1. The van der Waals surface area contributed by atoms with Crippen LogP contribution in [0.15, 0.2) is 54.6 Å². The van der Waals surface area contributed by atoms with Gasteiger partial charge in [0, 0.05) is 5.56 Å². The van der Waals surface area contributed by atoms with Crippen molar-refractivity contribution in [2.24, 2.45) is 0 Å². The van der Waals surface area contributed by atoms with Crippen molar-refractivity contribution in [2.75, 3.05) is 11.4 Å². The summed E-state index contributed by atoms with van der Waals surface area (Å²) in [5.41, 5.74) is 1.68. The zero-order chi connectivity index (χ0) is 16.2. The molecule has 0 aromatic heterocycles. The van der Waals surface area contributed by atoms with Gasteiger partial charge < -0.3 is 9.47 Å². The highest BCUT2D eigenvalue weighted by atomic mass is 16.6. The zero-order valence-electron chi connectivity index (χ0n) is 13.4. The minimum absolute atomic E-state index is 0.175. The van der Waals surface area contributed by atoms with Crippen LogP contribution in [-0.4, -0.2) is 18.2 Å². The molecule has 2 fully saturated rings. The molecule has 2 aromatic carbocycles. The van der Waals surface area contributed by atoms with Gasteiger partial charge in [0.25, 0.3) is 0 Å². The molecule has 2 heterocycles. The topological polar surface area (TPSA) is 42.1 Å². The van der Waals surface area contributed by atoms with Crippen LogP contribution in [0.5, 0.6) is 5.75 Å². The number of epoxide rings is 1. The van der Waals surface area contributed by atoms with Gasteiger partial charge in [-0.1, -0.05) is 42.8 Å². The number of fused-ring (bicyclic) bond motifs is 1. The average molecular weight is 321 g/mol. The van der Waals surface area contributed by atoms with E-state index in [1.54, 1.807) is 17.0 Å². The molecule has 3 aliphatic rings. The van der Waals surface area contributed by atoms with Crippen molar-refractivity contribution in [3.63, 3.8) is 0 Å². The third-order valence-electron chi connectivity index (χ3n) is 5.64. The lowest BCUT2D eigenvalue weighted by Crippen LogP contribution is -2.49. The maximum atomic E-state index is 12.8. The molecule has 0 spiro atoms. The number of carbonyl (C=O) groups excluding carboxylic acids is 1. The van der Waals surface area contributed by atoms with Gasteiger partial charge in [0.05, 0.1) is 12.2 Å². The number of hydrogen-bond acceptors (Lipinski definition) is 3. The summed E-state index contributed by atoms with van der Waals surface area (Å²) in [4.78, 5) is 14.6. The number of benzene rings is 2. The molecule has 4 heteroatoms. The minimum atomic E-state index is -0.335. The highest BCUT2D eigenvalue weighted by molar-refractivity contribution is 5.92. The SMILES string of the molecule is O=C(Oc1ccccc1)N1CC23CCCCC2(O3)c2ccccc21. The lowest BCUT2D eigenvalue weighted by molar-refractivity contribution is 0.202. The molecule has 122 valence electrons. The second kappa shape index (κ2) is 4.84. The van der Waals surface area contributed by atoms with Gasteiger partial charge in [0.2, 0.25) is 0 Å². The van der Waals surface area contributed by atoms with E-state index in [-0.39, 0.29) is 17.3 Å². The predicted molar refractivity (Wildman–Crippen MR) is 90.2 cm³/mol. The van der Waals surface area contributed by atoms with Crippen LogP contribution < -0.4 is 9.64 Å². The number of ether oxygens (including phenoxy) is 2. The molecule has 2 atom stereocenters. The predicted octanol–water partition coefficient (Wildman–Crippen LogP) is 4.24. The summed E-state index contributed by atoms with van der Waals surface area (Å²) in [5, 5.41) is 0. The highest BCUT2D eigenvalue weighted by Crippen LogP contribution is 2.67. The Balaban J connectivity index is 1.52. The van der Waals surface area contributed by atoms with Gasteiger partial charge in [0.15, 0.2) is 0 Å². The van der Waals surface area contributed by atoms with Crippen molar-refractivity contribution >= 4 is 11.8 Å². The van der Waals surface area contributed by atoms with E-state index < -0.39 is 0 Å². The molecular formula is C20H19NO3. The van der Waals surface area contributed by atoms with E-state index in [0.717, 1.165) is 30.5 Å². The number of nitrogens with zero attached hydrogens (tertiary/aromatic N) is 1. The summed E-state index contributed by atoms with van der Waals surface area (Å²) < 4.78 is 11.9. The van der Waals surface area contributed by atoms with Crippen molar-refractivity contribution in [3.8, 4) is 5.75 Å². The molecular weight excluding hydrogens is 302 g/mol. The third kappa shape index (κ3) is 1.80. The van der Waals surface area contributed by atoms with Crippen molar-refractivity contribution in [2.45, 2.75) is 36.9 Å². The van der Waals surface area contributed by atoms with Gasteiger partial charge in [-0.25, -0.2) is 4.79 Å². The fourth-order valence-corrected chi connectivity index (χ4v) is 4.50. The normalized spacial score (nSPS) is 29.9. The summed E-state index contributed by atoms with van der Waals surface area (Å²) in [5.74, 6) is 0.565. The third-order valence-corrected chi connectivity index (χ3v) is 5.64. The largest absolute Gasteiger partial charge is 0.419 e. The molecule has 2 unspecified atom stereocenters. The summed E-state index contributed by atoms with van der Waals surface area (Å²) in [7, 11) is 0. The second-order valence-electron chi connectivity index (χ2n) is 6.91. The van der Waals surface area contributed by atoms with Crippen LogP contribution in [0.4, 0.5) is 10.5 Å². The van der Waals surface area contributed by atoms with Crippen molar-refractivity contribution in [3.05, 3.63) is 60.2 Å². The van der Waals surface area contributed by atoms with E-state index in [0.29, 0.717) is 12.3 Å². The smallest absolute Gasteiger partial charge is 0.410 e. The van der Waals surface area contributed by atoms with Gasteiger partial charge in [-0.2, -0.15) is 0 Å². The fourth-order valence-electron chi connectivity index (χ4n) is 4.50. The van der Waals surface area contributed by atoms with Crippen LogP contribution in [0, 0.1) is 0 Å². The Morgan fingerprint density at radius 3 is 2.62 bits per heavy atom. The Bertz CT molecular complexity index is 806. The number of anilines is 1. The Morgan fingerprint density at radius 1 is 1.00 bits per heavy atom. The lowest BCUT2D eigenvalue weighted by Gasteiger charge is -2.37. The first-order valence-corrected chi connectivity index (χ1v) is 8.58. The van der Waals surface area contributed by atoms with Crippen LogP contribution >= 0.6 is 0 Å². The Hall–Kier alpha value is -2.33. The van der Waals surface area contributed by atoms with Gasteiger partial charge in [-0.05, 0) is 37.5 Å². The first-order chi connectivity index (χ1) is 11.7. The second-order valence-corrected chi connectivity index (χ2v) is 6.91. The number of hydrogen-bond donors (Lipinski definition) is 0. The van der Waals surface area contributed by atoms with Crippen molar-refractivity contribution in [1.29, 1.82) is 0 Å². The van der Waals surface area contributed by atoms with E-state index in [1.807, 2.05) is 36.4 Å². The standard InChI is InChI=1S/C20H19NO3/c22-18(23-15-8-2-1-3-9-15)21-14-19-12-6-7-13-20(19,24-19)16-10-4-5-11-17(16)21/h1-5,8-11H,6-7,12-14H2. The zero-order valence-corrected chi connectivity index (χ0v) is 13.4. The minimum Gasteiger partial charge on any atom is -0.410 e.